The number of thioether (sulfide) groups is 1. The number of hydrogen-bond acceptors (Lipinski definition) is 7. The maximum atomic E-state index is 12.9. The van der Waals surface area contributed by atoms with E-state index in [0.29, 0.717) is 11.3 Å². The maximum Gasteiger partial charge on any atom is 0.332 e. The Labute approximate surface area is 164 Å². The molecule has 2 aromatic rings. The number of ketones is 1. The summed E-state index contributed by atoms with van der Waals surface area (Å²) in [6.07, 6.45) is 0.575. The predicted octanol–water partition coefficient (Wildman–Crippen LogP) is 1.20. The lowest BCUT2D eigenvalue weighted by Gasteiger charge is -2.13. The van der Waals surface area contributed by atoms with Gasteiger partial charge in [-0.05, 0) is 30.7 Å². The van der Waals surface area contributed by atoms with Crippen LogP contribution in [0.15, 0.2) is 38.8 Å². The SMILES string of the molecule is CCCn1c(N)c(C(=O)COC(=O)CSc2ccc(F)cc2)c(=O)n(C)c1=O. The Hall–Kier alpha value is -2.88. The lowest BCUT2D eigenvalue weighted by atomic mass is 10.2. The van der Waals surface area contributed by atoms with Gasteiger partial charge in [0.1, 0.15) is 17.2 Å². The van der Waals surface area contributed by atoms with Crippen molar-refractivity contribution in [2.45, 2.75) is 24.8 Å². The number of nitrogens with zero attached hydrogens (tertiary/aromatic N) is 2. The number of rotatable bonds is 8. The number of aromatic nitrogens is 2. The molecule has 1 heterocycles. The molecular formula is C18H20FN3O5S. The van der Waals surface area contributed by atoms with Crippen LogP contribution < -0.4 is 17.0 Å². The molecule has 0 radical (unpaired) electrons. The topological polar surface area (TPSA) is 113 Å². The third-order valence-electron chi connectivity index (χ3n) is 3.84. The van der Waals surface area contributed by atoms with Crippen LogP contribution in [0.3, 0.4) is 0 Å². The fourth-order valence-electron chi connectivity index (χ4n) is 2.42. The number of ether oxygens (including phenoxy) is 1. The van der Waals surface area contributed by atoms with Crippen molar-refractivity contribution in [2.24, 2.45) is 7.05 Å². The molecule has 1 aromatic heterocycles. The molecule has 0 aliphatic rings. The molecule has 0 spiro atoms. The molecule has 0 fully saturated rings. The zero-order chi connectivity index (χ0) is 20.8. The van der Waals surface area contributed by atoms with E-state index in [9.17, 15) is 23.6 Å². The Bertz CT molecular complexity index is 998. The molecule has 10 heteroatoms. The Balaban J connectivity index is 2.06. The standard InChI is InChI=1S/C18H20FN3O5S/c1-3-8-22-16(20)15(17(25)21(2)18(22)26)13(23)9-27-14(24)10-28-12-6-4-11(19)5-7-12/h4-7H,3,8-10,20H2,1-2H3. The van der Waals surface area contributed by atoms with Crippen molar-refractivity contribution in [1.29, 1.82) is 0 Å². The van der Waals surface area contributed by atoms with Crippen LogP contribution >= 0.6 is 11.8 Å². The third kappa shape index (κ3) is 4.89. The van der Waals surface area contributed by atoms with E-state index in [4.69, 9.17) is 10.5 Å². The highest BCUT2D eigenvalue weighted by Crippen LogP contribution is 2.18. The number of anilines is 1. The van der Waals surface area contributed by atoms with Crippen LogP contribution in [0.4, 0.5) is 10.2 Å². The molecule has 0 atom stereocenters. The van der Waals surface area contributed by atoms with Gasteiger partial charge in [0.25, 0.3) is 5.56 Å². The van der Waals surface area contributed by atoms with Gasteiger partial charge in [-0.25, -0.2) is 9.18 Å². The Morgan fingerprint density at radius 2 is 1.86 bits per heavy atom. The molecule has 0 saturated heterocycles. The van der Waals surface area contributed by atoms with Crippen molar-refractivity contribution >= 4 is 29.3 Å². The van der Waals surface area contributed by atoms with E-state index in [2.05, 4.69) is 0 Å². The van der Waals surface area contributed by atoms with E-state index in [1.165, 1.54) is 31.3 Å². The molecule has 0 aliphatic heterocycles. The van der Waals surface area contributed by atoms with Crippen LogP contribution in [0.5, 0.6) is 0 Å². The summed E-state index contributed by atoms with van der Waals surface area (Å²) < 4.78 is 19.7. The van der Waals surface area contributed by atoms with E-state index >= 15 is 0 Å². The van der Waals surface area contributed by atoms with E-state index in [1.54, 1.807) is 0 Å². The minimum absolute atomic E-state index is 0.0955. The van der Waals surface area contributed by atoms with Gasteiger partial charge in [0.05, 0.1) is 5.75 Å². The zero-order valence-electron chi connectivity index (χ0n) is 15.4. The first-order valence-corrected chi connectivity index (χ1v) is 9.41. The summed E-state index contributed by atoms with van der Waals surface area (Å²) in [5, 5.41) is 0. The minimum Gasteiger partial charge on any atom is -0.457 e. The fraction of sp³-hybridized carbons (Fsp3) is 0.333. The summed E-state index contributed by atoms with van der Waals surface area (Å²) in [7, 11) is 1.25. The molecule has 0 amide bonds. The van der Waals surface area contributed by atoms with Crippen LogP contribution in [0.2, 0.25) is 0 Å². The van der Waals surface area contributed by atoms with E-state index < -0.39 is 29.6 Å². The van der Waals surface area contributed by atoms with E-state index in [-0.39, 0.29) is 29.5 Å². The fourth-order valence-corrected chi connectivity index (χ4v) is 3.11. The lowest BCUT2D eigenvalue weighted by molar-refractivity contribution is -0.139. The van der Waals surface area contributed by atoms with Crippen molar-refractivity contribution in [3.8, 4) is 0 Å². The van der Waals surface area contributed by atoms with Gasteiger partial charge in [0.2, 0.25) is 5.78 Å². The number of benzene rings is 1. The quantitative estimate of drug-likeness (QED) is 0.396. The monoisotopic (exact) mass is 409 g/mol. The largest absolute Gasteiger partial charge is 0.457 e. The normalized spacial score (nSPS) is 10.7. The summed E-state index contributed by atoms with van der Waals surface area (Å²) in [6.45, 7) is 1.39. The highest BCUT2D eigenvalue weighted by molar-refractivity contribution is 8.00. The summed E-state index contributed by atoms with van der Waals surface area (Å²) in [6, 6.07) is 5.56. The zero-order valence-corrected chi connectivity index (χ0v) is 16.3. The van der Waals surface area contributed by atoms with Gasteiger partial charge < -0.3 is 10.5 Å². The molecule has 2 rings (SSSR count). The number of nitrogens with two attached hydrogens (primary N) is 1. The van der Waals surface area contributed by atoms with Crippen LogP contribution in [0.1, 0.15) is 23.7 Å². The van der Waals surface area contributed by atoms with Crippen LogP contribution in [-0.4, -0.2) is 33.2 Å². The van der Waals surface area contributed by atoms with Crippen LogP contribution in [0, 0.1) is 5.82 Å². The lowest BCUT2D eigenvalue weighted by Crippen LogP contribution is -2.43. The average molecular weight is 409 g/mol. The third-order valence-corrected chi connectivity index (χ3v) is 4.83. The van der Waals surface area contributed by atoms with Gasteiger partial charge in [0.15, 0.2) is 6.61 Å². The van der Waals surface area contributed by atoms with Crippen molar-refractivity contribution in [1.82, 2.24) is 9.13 Å². The number of carbonyl (C=O) groups is 2. The second-order valence-electron chi connectivity index (χ2n) is 5.89. The highest BCUT2D eigenvalue weighted by Gasteiger charge is 2.22. The number of halogens is 1. The van der Waals surface area contributed by atoms with Crippen molar-refractivity contribution in [3.63, 3.8) is 0 Å². The van der Waals surface area contributed by atoms with Crippen molar-refractivity contribution in [3.05, 3.63) is 56.5 Å². The number of esters is 1. The molecule has 150 valence electrons. The molecule has 8 nitrogen and oxygen atoms in total. The number of carbonyl (C=O) groups excluding carboxylic acids is 2. The first kappa shape index (κ1) is 21.4. The highest BCUT2D eigenvalue weighted by atomic mass is 32.2. The second kappa shape index (κ2) is 9.36. The first-order valence-electron chi connectivity index (χ1n) is 8.42. The molecule has 0 saturated carbocycles. The first-order chi connectivity index (χ1) is 13.3. The van der Waals surface area contributed by atoms with E-state index in [0.717, 1.165) is 20.9 Å². The number of nitrogen functional groups attached to an aromatic ring is 1. The molecule has 2 N–H and O–H groups in total. The van der Waals surface area contributed by atoms with Gasteiger partial charge >= 0.3 is 11.7 Å². The summed E-state index contributed by atoms with van der Waals surface area (Å²) in [5.74, 6) is -2.19. The molecular weight excluding hydrogens is 389 g/mol. The molecule has 0 aliphatic carbocycles. The van der Waals surface area contributed by atoms with Gasteiger partial charge in [-0.2, -0.15) is 0 Å². The number of Topliss-reactive ketones (excluding diaryl/α,β-unsaturated/α-hetero) is 1. The van der Waals surface area contributed by atoms with Gasteiger partial charge in [0, 0.05) is 18.5 Å². The Kier molecular flexibility index (Phi) is 7.16. The Morgan fingerprint density at radius 3 is 2.46 bits per heavy atom. The molecule has 0 unspecified atom stereocenters. The smallest absolute Gasteiger partial charge is 0.332 e. The van der Waals surface area contributed by atoms with Crippen LogP contribution in [-0.2, 0) is 23.1 Å². The minimum atomic E-state index is -0.836. The number of hydrogen-bond donors (Lipinski definition) is 1. The van der Waals surface area contributed by atoms with Gasteiger partial charge in [-0.15, -0.1) is 11.8 Å². The van der Waals surface area contributed by atoms with Gasteiger partial charge in [-0.3, -0.25) is 23.5 Å². The van der Waals surface area contributed by atoms with Crippen LogP contribution in [0.25, 0.3) is 0 Å². The maximum absolute atomic E-state index is 12.9. The summed E-state index contributed by atoms with van der Waals surface area (Å²) in [5.41, 5.74) is 4.01. The van der Waals surface area contributed by atoms with E-state index in [1.807, 2.05) is 6.92 Å². The summed E-state index contributed by atoms with van der Waals surface area (Å²) in [4.78, 5) is 49.3. The second-order valence-corrected chi connectivity index (χ2v) is 6.93. The molecule has 1 aromatic carbocycles. The Morgan fingerprint density at radius 1 is 1.21 bits per heavy atom. The molecule has 28 heavy (non-hydrogen) atoms. The van der Waals surface area contributed by atoms with Crippen molar-refractivity contribution < 1.29 is 18.7 Å². The predicted molar refractivity (Wildman–Crippen MR) is 103 cm³/mol. The summed E-state index contributed by atoms with van der Waals surface area (Å²) >= 11 is 1.12. The molecule has 0 bridgehead atoms. The average Bonchev–Trinajstić information content (AvgIpc) is 2.67. The van der Waals surface area contributed by atoms with Crippen molar-refractivity contribution in [2.75, 3.05) is 18.1 Å². The van der Waals surface area contributed by atoms with Gasteiger partial charge in [-0.1, -0.05) is 6.92 Å².